The van der Waals surface area contributed by atoms with Crippen molar-refractivity contribution in [2.45, 2.75) is 121 Å². The molecule has 3 fully saturated rings. The van der Waals surface area contributed by atoms with Crippen LogP contribution in [0.25, 0.3) is 0 Å². The van der Waals surface area contributed by atoms with E-state index >= 15 is 0 Å². The molecule has 1 saturated carbocycles. The number of aryl methyl sites for hydroxylation is 1. The van der Waals surface area contributed by atoms with Crippen LogP contribution in [-0.2, 0) is 30.4 Å². The summed E-state index contributed by atoms with van der Waals surface area (Å²) in [5.41, 5.74) is 18.3. The summed E-state index contributed by atoms with van der Waals surface area (Å²) in [6.07, 6.45) is 8.55. The number of hydrogen-bond acceptors (Lipinski definition) is 6. The van der Waals surface area contributed by atoms with E-state index in [-0.39, 0.29) is 36.2 Å². The minimum atomic E-state index is -0.959. The number of aliphatic imine (C=N–C) groups is 1. The highest BCUT2D eigenvalue weighted by Gasteiger charge is 2.50. The molecule has 258 valence electrons. The zero-order valence-corrected chi connectivity index (χ0v) is 27.8. The van der Waals surface area contributed by atoms with E-state index in [9.17, 15) is 24.0 Å². The Labute approximate surface area is 277 Å². The van der Waals surface area contributed by atoms with Crippen molar-refractivity contribution in [2.24, 2.45) is 28.1 Å². The molecule has 1 aromatic rings. The number of guanidine groups is 1. The molecule has 4 rings (SSSR count). The number of nitrogens with two attached hydrogens (primary N) is 3. The maximum absolute atomic E-state index is 14.1. The molecule has 0 unspecified atom stereocenters. The molecule has 0 aromatic heterocycles. The maximum Gasteiger partial charge on any atom is 0.246 e. The zero-order chi connectivity index (χ0) is 34.1. The largest absolute Gasteiger partial charge is 0.370 e. The van der Waals surface area contributed by atoms with Gasteiger partial charge in [0.15, 0.2) is 5.96 Å². The van der Waals surface area contributed by atoms with Gasteiger partial charge in [-0.15, -0.1) is 0 Å². The minimum absolute atomic E-state index is 0.0141. The molecule has 5 amide bonds. The normalized spacial score (nSPS) is 23.4. The number of carbonyl (C=O) groups is 5. The average molecular weight is 653 g/mol. The van der Waals surface area contributed by atoms with Crippen LogP contribution in [0.4, 0.5) is 0 Å². The zero-order valence-electron chi connectivity index (χ0n) is 27.8. The van der Waals surface area contributed by atoms with Gasteiger partial charge in [0.05, 0.1) is 0 Å². The minimum Gasteiger partial charge on any atom is -0.370 e. The highest BCUT2D eigenvalue weighted by Crippen LogP contribution is 2.41. The van der Waals surface area contributed by atoms with Crippen LogP contribution < -0.4 is 27.8 Å². The fourth-order valence-corrected chi connectivity index (χ4v) is 7.29. The summed E-state index contributed by atoms with van der Waals surface area (Å²) in [6, 6.07) is 4.39. The molecule has 0 bridgehead atoms. The Balaban J connectivity index is 1.36. The van der Waals surface area contributed by atoms with Crippen LogP contribution in [0.1, 0.15) is 88.7 Å². The third-order valence-corrected chi connectivity index (χ3v) is 9.82. The lowest BCUT2D eigenvalue weighted by Crippen LogP contribution is -2.57. The van der Waals surface area contributed by atoms with Gasteiger partial charge < -0.3 is 37.6 Å². The number of unbranched alkanes of at least 4 members (excludes halogenated alkanes) is 2. The van der Waals surface area contributed by atoms with Crippen molar-refractivity contribution >= 4 is 35.5 Å². The van der Waals surface area contributed by atoms with Crippen molar-refractivity contribution in [3.8, 4) is 0 Å². The molecule has 3 aliphatic rings. The van der Waals surface area contributed by atoms with Crippen LogP contribution in [0.2, 0.25) is 0 Å². The van der Waals surface area contributed by atoms with Crippen LogP contribution >= 0.6 is 0 Å². The van der Waals surface area contributed by atoms with Crippen LogP contribution in [0.15, 0.2) is 29.3 Å². The lowest BCUT2D eigenvalue weighted by atomic mass is 9.84. The van der Waals surface area contributed by atoms with Crippen molar-refractivity contribution < 1.29 is 24.0 Å². The van der Waals surface area contributed by atoms with E-state index in [1.807, 2.05) is 36.1 Å². The predicted octanol–water partition coefficient (Wildman–Crippen LogP) is 0.997. The summed E-state index contributed by atoms with van der Waals surface area (Å²) in [4.78, 5) is 73.8. The molecule has 8 N–H and O–H groups in total. The summed E-state index contributed by atoms with van der Waals surface area (Å²) in [7, 11) is 0. The molecule has 1 aromatic carbocycles. The lowest BCUT2D eigenvalue weighted by Gasteiger charge is -2.35. The van der Waals surface area contributed by atoms with Gasteiger partial charge in [0, 0.05) is 32.0 Å². The molecule has 6 atom stereocenters. The fraction of sp³-hybridized carbons (Fsp3) is 0.647. The van der Waals surface area contributed by atoms with E-state index in [4.69, 9.17) is 17.2 Å². The summed E-state index contributed by atoms with van der Waals surface area (Å²) in [6.45, 7) is 4.43. The molecular formula is C34H52N8O5. The first-order valence-corrected chi connectivity index (χ1v) is 17.1. The molecule has 13 heteroatoms. The highest BCUT2D eigenvalue weighted by molar-refractivity contribution is 5.96. The number of nitrogens with zero attached hydrogens (tertiary/aromatic N) is 3. The third kappa shape index (κ3) is 9.45. The molecule has 2 heterocycles. The molecule has 2 saturated heterocycles. The third-order valence-electron chi connectivity index (χ3n) is 9.82. The van der Waals surface area contributed by atoms with Crippen LogP contribution in [0, 0.1) is 12.8 Å². The summed E-state index contributed by atoms with van der Waals surface area (Å²) in [5.74, 6) is -1.52. The summed E-state index contributed by atoms with van der Waals surface area (Å²) >= 11 is 0. The Hall–Kier alpha value is -4.16. The Morgan fingerprint density at radius 1 is 0.915 bits per heavy atom. The van der Waals surface area contributed by atoms with E-state index in [2.05, 4.69) is 15.6 Å². The number of amides is 5. The Morgan fingerprint density at radius 2 is 1.64 bits per heavy atom. The number of carbonyl (C=O) groups excluding carboxylic acids is 5. The van der Waals surface area contributed by atoms with Crippen LogP contribution in [0.5, 0.6) is 0 Å². The first kappa shape index (κ1) is 35.7. The predicted molar refractivity (Wildman–Crippen MR) is 178 cm³/mol. The average Bonchev–Trinajstić information content (AvgIpc) is 3.68. The van der Waals surface area contributed by atoms with Crippen molar-refractivity contribution in [1.29, 1.82) is 0 Å². The maximum atomic E-state index is 14.1. The first-order chi connectivity index (χ1) is 22.5. The molecule has 13 nitrogen and oxygen atoms in total. The van der Waals surface area contributed by atoms with Crippen LogP contribution in [0.3, 0.4) is 0 Å². The van der Waals surface area contributed by atoms with Gasteiger partial charge in [-0.05, 0) is 70.3 Å². The van der Waals surface area contributed by atoms with Crippen molar-refractivity contribution in [1.82, 2.24) is 20.4 Å². The van der Waals surface area contributed by atoms with E-state index in [1.54, 1.807) is 4.90 Å². The van der Waals surface area contributed by atoms with Gasteiger partial charge in [-0.25, -0.2) is 0 Å². The number of hydrogen-bond donors (Lipinski definition) is 5. The van der Waals surface area contributed by atoms with Gasteiger partial charge >= 0.3 is 0 Å². The van der Waals surface area contributed by atoms with Crippen molar-refractivity contribution in [3.05, 3.63) is 35.4 Å². The molecule has 0 radical (unpaired) electrons. The SMILES string of the molecule is Cc1ccc(C[C@H](NC(=O)[C@@H](C)NC(=O)[C@@H]2CCCN2C(=O)[C@@H]2C[C@@H]3CCCC[C@@H]3N2C(=O)CCCCCN=C(N)N)C(N)=O)cc1. The Kier molecular flexibility index (Phi) is 12.6. The quantitative estimate of drug-likeness (QED) is 0.112. The first-order valence-electron chi connectivity index (χ1n) is 17.1. The second kappa shape index (κ2) is 16.6. The van der Waals surface area contributed by atoms with Gasteiger partial charge in [0.1, 0.15) is 24.2 Å². The summed E-state index contributed by atoms with van der Waals surface area (Å²) in [5, 5.41) is 5.41. The van der Waals surface area contributed by atoms with E-state index < -0.39 is 41.9 Å². The van der Waals surface area contributed by atoms with Gasteiger partial charge in [0.25, 0.3) is 0 Å². The molecule has 47 heavy (non-hydrogen) atoms. The number of benzene rings is 1. The topological polar surface area (TPSA) is 206 Å². The molecule has 2 aliphatic heterocycles. The Morgan fingerprint density at radius 3 is 2.34 bits per heavy atom. The van der Waals surface area contributed by atoms with E-state index in [0.29, 0.717) is 45.2 Å². The monoisotopic (exact) mass is 652 g/mol. The standard InChI is InChI=1S/C34H52N8O5/c1-21-13-15-23(16-14-21)19-25(30(35)44)40-31(45)22(2)39-32(46)27-11-8-18-41(27)33(47)28-20-24-9-5-6-10-26(24)42(28)29(43)12-4-3-7-17-38-34(36)37/h13-16,22,24-28H,3-12,17-20H2,1-2H3,(H2,35,44)(H,39,46)(H,40,45)(H4,36,37,38)/t22-,24+,25+,26+,27+,28+/m1/s1. The van der Waals surface area contributed by atoms with Gasteiger partial charge in [-0.1, -0.05) is 49.1 Å². The Bertz CT molecular complexity index is 1310. The van der Waals surface area contributed by atoms with Gasteiger partial charge in [0.2, 0.25) is 29.5 Å². The number of likely N-dealkylation sites (tertiary alicyclic amines) is 2. The van der Waals surface area contributed by atoms with Gasteiger partial charge in [-0.3, -0.25) is 29.0 Å². The highest BCUT2D eigenvalue weighted by atomic mass is 16.2. The van der Waals surface area contributed by atoms with Crippen LogP contribution in [-0.4, -0.2) is 88.6 Å². The van der Waals surface area contributed by atoms with E-state index in [0.717, 1.165) is 49.7 Å². The smallest absolute Gasteiger partial charge is 0.246 e. The van der Waals surface area contributed by atoms with Crippen molar-refractivity contribution in [2.75, 3.05) is 13.1 Å². The number of nitrogens with one attached hydrogen (secondary N) is 2. The number of primary amides is 1. The lowest BCUT2D eigenvalue weighted by molar-refractivity contribution is -0.148. The second-order valence-electron chi connectivity index (χ2n) is 13.4. The fourth-order valence-electron chi connectivity index (χ4n) is 7.29. The molecule has 1 aliphatic carbocycles. The molecular weight excluding hydrogens is 600 g/mol. The summed E-state index contributed by atoms with van der Waals surface area (Å²) < 4.78 is 0. The second-order valence-corrected chi connectivity index (χ2v) is 13.4. The molecule has 0 spiro atoms. The number of fused-ring (bicyclic) bond motifs is 1. The van der Waals surface area contributed by atoms with Gasteiger partial charge in [-0.2, -0.15) is 0 Å². The number of rotatable bonds is 14. The van der Waals surface area contributed by atoms with E-state index in [1.165, 1.54) is 6.92 Å². The van der Waals surface area contributed by atoms with Crippen molar-refractivity contribution in [3.63, 3.8) is 0 Å².